The Kier molecular flexibility index (Phi) is 5.09. The molecule has 1 unspecified atom stereocenters. The summed E-state index contributed by atoms with van der Waals surface area (Å²) in [5.74, 6) is 0.221. The van der Waals surface area contributed by atoms with Gasteiger partial charge in [-0.25, -0.2) is 0 Å². The number of nitrogens with zero attached hydrogens (tertiary/aromatic N) is 3. The highest BCUT2D eigenvalue weighted by Crippen LogP contribution is 2.44. The average Bonchev–Trinajstić information content (AvgIpc) is 3.04. The Hall–Kier alpha value is -1.30. The minimum Gasteiger partial charge on any atom is -0.378 e. The summed E-state index contributed by atoms with van der Waals surface area (Å²) in [4.78, 5) is 2.08. The van der Waals surface area contributed by atoms with Gasteiger partial charge in [0.15, 0.2) is 5.01 Å². The Balaban J connectivity index is 1.99. The van der Waals surface area contributed by atoms with Crippen molar-refractivity contribution in [3.8, 4) is 0 Å². The highest BCUT2D eigenvalue weighted by Gasteiger charge is 2.43. The van der Waals surface area contributed by atoms with Crippen molar-refractivity contribution >= 4 is 11.3 Å². The van der Waals surface area contributed by atoms with Crippen molar-refractivity contribution in [3.05, 3.63) is 45.9 Å². The fourth-order valence-corrected chi connectivity index (χ4v) is 4.64. The molecule has 0 spiro atoms. The Bertz CT molecular complexity index is 622. The van der Waals surface area contributed by atoms with E-state index in [4.69, 9.17) is 0 Å². The molecule has 0 saturated heterocycles. The molecule has 0 amide bonds. The van der Waals surface area contributed by atoms with E-state index in [9.17, 15) is 5.11 Å². The Morgan fingerprint density at radius 3 is 2.48 bits per heavy atom. The van der Waals surface area contributed by atoms with E-state index in [1.807, 2.05) is 44.4 Å². The van der Waals surface area contributed by atoms with Gasteiger partial charge in [-0.1, -0.05) is 60.9 Å². The van der Waals surface area contributed by atoms with Crippen molar-refractivity contribution < 1.29 is 5.11 Å². The summed E-state index contributed by atoms with van der Waals surface area (Å²) < 4.78 is 0. The standard InChI is InChI=1S/C18H25N3OS/c1-21(2)13-16-19-20-17(23-16)18(22,14-9-5-3-6-10-14)15-11-7-4-8-12-15/h3,5-6,9-10,15,22H,4,7-8,11-13H2,1-2H3. The van der Waals surface area contributed by atoms with Gasteiger partial charge in [0.1, 0.15) is 10.6 Å². The lowest BCUT2D eigenvalue weighted by molar-refractivity contribution is -0.00141. The van der Waals surface area contributed by atoms with E-state index in [1.165, 1.54) is 19.3 Å². The normalized spacial score (nSPS) is 19.0. The lowest BCUT2D eigenvalue weighted by Crippen LogP contribution is -2.37. The lowest BCUT2D eigenvalue weighted by atomic mass is 9.73. The number of hydrogen-bond donors (Lipinski definition) is 1. The van der Waals surface area contributed by atoms with Crippen LogP contribution in [0.15, 0.2) is 30.3 Å². The molecule has 23 heavy (non-hydrogen) atoms. The number of aliphatic hydroxyl groups is 1. The molecule has 3 rings (SSSR count). The van der Waals surface area contributed by atoms with Gasteiger partial charge in [-0.15, -0.1) is 10.2 Å². The number of rotatable bonds is 5. The van der Waals surface area contributed by atoms with Crippen LogP contribution in [0, 0.1) is 5.92 Å². The van der Waals surface area contributed by atoms with Gasteiger partial charge < -0.3 is 10.0 Å². The lowest BCUT2D eigenvalue weighted by Gasteiger charge is -2.37. The molecule has 1 saturated carbocycles. The summed E-state index contributed by atoms with van der Waals surface area (Å²) in [6, 6.07) is 10.0. The maximum atomic E-state index is 11.7. The van der Waals surface area contributed by atoms with Crippen LogP contribution in [0.5, 0.6) is 0 Å². The van der Waals surface area contributed by atoms with Crippen molar-refractivity contribution in [2.75, 3.05) is 14.1 Å². The average molecular weight is 331 g/mol. The third kappa shape index (κ3) is 3.47. The van der Waals surface area contributed by atoms with Crippen molar-refractivity contribution in [1.29, 1.82) is 0 Å². The summed E-state index contributed by atoms with van der Waals surface area (Å²) >= 11 is 1.54. The zero-order valence-corrected chi connectivity index (χ0v) is 14.7. The van der Waals surface area contributed by atoms with Gasteiger partial charge in [-0.3, -0.25) is 0 Å². The summed E-state index contributed by atoms with van der Waals surface area (Å²) in [6.45, 7) is 0.757. The highest BCUT2D eigenvalue weighted by atomic mass is 32.1. The van der Waals surface area contributed by atoms with Crippen LogP contribution in [0.1, 0.15) is 47.7 Å². The van der Waals surface area contributed by atoms with Gasteiger partial charge in [0.05, 0.1) is 6.54 Å². The molecule has 0 aliphatic heterocycles. The van der Waals surface area contributed by atoms with Gasteiger partial charge in [-0.2, -0.15) is 0 Å². The third-order valence-electron chi connectivity index (χ3n) is 4.65. The largest absolute Gasteiger partial charge is 0.378 e. The molecule has 1 fully saturated rings. The van der Waals surface area contributed by atoms with Gasteiger partial charge in [-0.05, 0) is 38.4 Å². The molecule has 0 radical (unpaired) electrons. The second kappa shape index (κ2) is 7.07. The molecule has 124 valence electrons. The van der Waals surface area contributed by atoms with Crippen LogP contribution in [0.25, 0.3) is 0 Å². The van der Waals surface area contributed by atoms with Crippen LogP contribution in [-0.4, -0.2) is 34.3 Å². The summed E-state index contributed by atoms with van der Waals surface area (Å²) in [5, 5.41) is 22.1. The maximum Gasteiger partial charge on any atom is 0.154 e. The molecule has 1 aliphatic rings. The molecule has 5 heteroatoms. The van der Waals surface area contributed by atoms with E-state index in [1.54, 1.807) is 11.3 Å². The van der Waals surface area contributed by atoms with Crippen LogP contribution in [0.3, 0.4) is 0 Å². The molecule has 1 aliphatic carbocycles. The number of benzene rings is 1. The van der Waals surface area contributed by atoms with E-state index in [0.29, 0.717) is 0 Å². The van der Waals surface area contributed by atoms with E-state index in [2.05, 4.69) is 15.1 Å². The Morgan fingerprint density at radius 2 is 1.83 bits per heavy atom. The second-order valence-electron chi connectivity index (χ2n) is 6.71. The summed E-state index contributed by atoms with van der Waals surface area (Å²) in [6.07, 6.45) is 5.73. The third-order valence-corrected chi connectivity index (χ3v) is 5.69. The molecule has 0 bridgehead atoms. The quantitative estimate of drug-likeness (QED) is 0.912. The van der Waals surface area contributed by atoms with Crippen LogP contribution in [0.2, 0.25) is 0 Å². The van der Waals surface area contributed by atoms with Crippen LogP contribution < -0.4 is 0 Å². The van der Waals surface area contributed by atoms with E-state index in [0.717, 1.165) is 35.0 Å². The fourth-order valence-electron chi connectivity index (χ4n) is 3.49. The second-order valence-corrected chi connectivity index (χ2v) is 7.77. The van der Waals surface area contributed by atoms with Gasteiger partial charge in [0.25, 0.3) is 0 Å². The minimum absolute atomic E-state index is 0.221. The van der Waals surface area contributed by atoms with E-state index < -0.39 is 5.60 Å². The Labute approximate surface area is 142 Å². The molecule has 2 aromatic rings. The zero-order valence-electron chi connectivity index (χ0n) is 13.9. The fraction of sp³-hybridized carbons (Fsp3) is 0.556. The highest BCUT2D eigenvalue weighted by molar-refractivity contribution is 7.11. The first-order valence-corrected chi connectivity index (χ1v) is 9.18. The van der Waals surface area contributed by atoms with E-state index >= 15 is 0 Å². The van der Waals surface area contributed by atoms with Gasteiger partial charge in [0, 0.05) is 0 Å². The Morgan fingerprint density at radius 1 is 1.13 bits per heavy atom. The van der Waals surface area contributed by atoms with Crippen LogP contribution in [0.4, 0.5) is 0 Å². The van der Waals surface area contributed by atoms with Crippen molar-refractivity contribution in [1.82, 2.24) is 15.1 Å². The monoisotopic (exact) mass is 331 g/mol. The number of aromatic nitrogens is 2. The van der Waals surface area contributed by atoms with Crippen molar-refractivity contribution in [3.63, 3.8) is 0 Å². The van der Waals surface area contributed by atoms with Crippen molar-refractivity contribution in [2.24, 2.45) is 5.92 Å². The first kappa shape index (κ1) is 16.6. The zero-order chi connectivity index (χ0) is 16.3. The van der Waals surface area contributed by atoms with Crippen molar-refractivity contribution in [2.45, 2.75) is 44.2 Å². The predicted octanol–water partition coefficient (Wildman–Crippen LogP) is 3.42. The molecule has 1 atom stereocenters. The van der Waals surface area contributed by atoms with Gasteiger partial charge >= 0.3 is 0 Å². The first-order valence-electron chi connectivity index (χ1n) is 8.36. The summed E-state index contributed by atoms with van der Waals surface area (Å²) in [7, 11) is 4.04. The molecule has 1 aromatic heterocycles. The van der Waals surface area contributed by atoms with E-state index in [-0.39, 0.29) is 5.92 Å². The molecule has 4 nitrogen and oxygen atoms in total. The molecular weight excluding hydrogens is 306 g/mol. The summed E-state index contributed by atoms with van der Waals surface area (Å²) in [5.41, 5.74) is -0.0661. The minimum atomic E-state index is -1.01. The topological polar surface area (TPSA) is 49.2 Å². The molecule has 1 aromatic carbocycles. The van der Waals surface area contributed by atoms with Crippen LogP contribution >= 0.6 is 11.3 Å². The van der Waals surface area contributed by atoms with Crippen LogP contribution in [-0.2, 0) is 12.1 Å². The maximum absolute atomic E-state index is 11.7. The molecule has 1 N–H and O–H groups in total. The SMILES string of the molecule is CN(C)Cc1nnc(C(O)(c2ccccc2)C2CCCCC2)s1. The number of hydrogen-bond acceptors (Lipinski definition) is 5. The first-order chi connectivity index (χ1) is 11.1. The predicted molar refractivity (Wildman–Crippen MR) is 93.3 cm³/mol. The van der Waals surface area contributed by atoms with Gasteiger partial charge in [0.2, 0.25) is 0 Å². The molecule has 1 heterocycles. The smallest absolute Gasteiger partial charge is 0.154 e. The molecular formula is C18H25N3OS.